The van der Waals surface area contributed by atoms with E-state index in [2.05, 4.69) is 22.2 Å². The molecule has 2 fully saturated rings. The molecule has 0 aromatic heterocycles. The third-order valence-electron chi connectivity index (χ3n) is 3.39. The standard InChI is InChI=1S/C13H16N2O.ClH/c1-2-4-11(5-3-1)10-16-14-13-9-15-7-6-12(13)8-15;/h1-5,12H,6-10H2;1H. The molecule has 2 saturated heterocycles. The average Bonchev–Trinajstić information content (AvgIpc) is 2.92. The van der Waals surface area contributed by atoms with Gasteiger partial charge in [0, 0.05) is 19.0 Å². The van der Waals surface area contributed by atoms with Crippen LogP contribution in [0.25, 0.3) is 0 Å². The van der Waals surface area contributed by atoms with Crippen LogP contribution in [-0.2, 0) is 11.4 Å². The van der Waals surface area contributed by atoms with Gasteiger partial charge >= 0.3 is 0 Å². The van der Waals surface area contributed by atoms with Crippen molar-refractivity contribution in [2.45, 2.75) is 13.0 Å². The second-order valence-electron chi connectivity index (χ2n) is 4.56. The molecule has 2 bridgehead atoms. The van der Waals surface area contributed by atoms with Gasteiger partial charge in [0.05, 0.1) is 5.71 Å². The van der Waals surface area contributed by atoms with Crippen LogP contribution in [-0.4, -0.2) is 30.2 Å². The average molecular weight is 253 g/mol. The number of halogens is 1. The highest BCUT2D eigenvalue weighted by Crippen LogP contribution is 2.25. The summed E-state index contributed by atoms with van der Waals surface area (Å²) in [7, 11) is 0. The third-order valence-corrected chi connectivity index (χ3v) is 3.39. The number of rotatable bonds is 3. The minimum atomic E-state index is 0. The molecule has 17 heavy (non-hydrogen) atoms. The zero-order chi connectivity index (χ0) is 10.8. The predicted octanol–water partition coefficient (Wildman–Crippen LogP) is 2.32. The Hall–Kier alpha value is -1.06. The molecule has 0 amide bonds. The van der Waals surface area contributed by atoms with Crippen LogP contribution in [0.5, 0.6) is 0 Å². The first-order valence-corrected chi connectivity index (χ1v) is 5.87. The highest BCUT2D eigenvalue weighted by atomic mass is 35.5. The molecule has 2 heterocycles. The Morgan fingerprint density at radius 1 is 1.29 bits per heavy atom. The maximum atomic E-state index is 5.42. The van der Waals surface area contributed by atoms with Crippen LogP contribution in [0.15, 0.2) is 35.5 Å². The van der Waals surface area contributed by atoms with Gasteiger partial charge in [-0.2, -0.15) is 0 Å². The number of benzene rings is 1. The van der Waals surface area contributed by atoms with Crippen LogP contribution >= 0.6 is 12.4 Å². The van der Waals surface area contributed by atoms with Crippen molar-refractivity contribution in [3.8, 4) is 0 Å². The highest BCUT2D eigenvalue weighted by molar-refractivity contribution is 5.91. The molecule has 92 valence electrons. The van der Waals surface area contributed by atoms with Gasteiger partial charge in [-0.15, -0.1) is 12.4 Å². The number of oxime groups is 1. The third kappa shape index (κ3) is 2.79. The van der Waals surface area contributed by atoms with Crippen molar-refractivity contribution in [3.63, 3.8) is 0 Å². The Kier molecular flexibility index (Phi) is 4.02. The van der Waals surface area contributed by atoms with Gasteiger partial charge in [0.25, 0.3) is 0 Å². The quantitative estimate of drug-likeness (QED) is 0.772. The van der Waals surface area contributed by atoms with Gasteiger partial charge in [-0.3, -0.25) is 4.90 Å². The van der Waals surface area contributed by atoms with Crippen LogP contribution < -0.4 is 0 Å². The normalized spacial score (nSPS) is 28.1. The van der Waals surface area contributed by atoms with Crippen molar-refractivity contribution in [2.75, 3.05) is 19.6 Å². The van der Waals surface area contributed by atoms with E-state index in [9.17, 15) is 0 Å². The SMILES string of the molecule is Cl.c1ccc(CON=C2CN3CCC2C3)cc1. The highest BCUT2D eigenvalue weighted by Gasteiger charge is 2.35. The number of hydrogen-bond acceptors (Lipinski definition) is 3. The molecule has 0 spiro atoms. The van der Waals surface area contributed by atoms with E-state index in [0.29, 0.717) is 12.5 Å². The van der Waals surface area contributed by atoms with Crippen LogP contribution in [0.4, 0.5) is 0 Å². The summed E-state index contributed by atoms with van der Waals surface area (Å²) in [4.78, 5) is 7.86. The molecule has 3 rings (SSSR count). The number of hydrogen-bond donors (Lipinski definition) is 0. The maximum Gasteiger partial charge on any atom is 0.142 e. The van der Waals surface area contributed by atoms with Gasteiger partial charge in [0.1, 0.15) is 6.61 Å². The van der Waals surface area contributed by atoms with Gasteiger partial charge in [0.15, 0.2) is 0 Å². The van der Waals surface area contributed by atoms with E-state index >= 15 is 0 Å². The first-order chi connectivity index (χ1) is 7.92. The first-order valence-electron chi connectivity index (χ1n) is 5.87. The maximum absolute atomic E-state index is 5.42. The molecule has 1 aromatic rings. The zero-order valence-electron chi connectivity index (χ0n) is 9.71. The van der Waals surface area contributed by atoms with Gasteiger partial charge in [0.2, 0.25) is 0 Å². The molecule has 0 N–H and O–H groups in total. The smallest absolute Gasteiger partial charge is 0.142 e. The summed E-state index contributed by atoms with van der Waals surface area (Å²) in [6.07, 6.45) is 1.26. The molecule has 0 saturated carbocycles. The molecule has 2 atom stereocenters. The molecule has 0 radical (unpaired) electrons. The summed E-state index contributed by atoms with van der Waals surface area (Å²) in [5.74, 6) is 0.663. The van der Waals surface area contributed by atoms with E-state index < -0.39 is 0 Å². The lowest BCUT2D eigenvalue weighted by Crippen LogP contribution is -2.23. The van der Waals surface area contributed by atoms with Gasteiger partial charge in [-0.05, 0) is 18.5 Å². The van der Waals surface area contributed by atoms with Crippen molar-refractivity contribution in [3.05, 3.63) is 35.9 Å². The first kappa shape index (κ1) is 12.4. The van der Waals surface area contributed by atoms with Crippen molar-refractivity contribution in [1.29, 1.82) is 0 Å². The summed E-state index contributed by atoms with van der Waals surface area (Å²) in [6, 6.07) is 10.2. The Balaban J connectivity index is 0.00000108. The Morgan fingerprint density at radius 3 is 2.76 bits per heavy atom. The molecule has 2 unspecified atom stereocenters. The molecule has 3 nitrogen and oxygen atoms in total. The second-order valence-corrected chi connectivity index (χ2v) is 4.56. The topological polar surface area (TPSA) is 24.8 Å². The lowest BCUT2D eigenvalue weighted by molar-refractivity contribution is 0.128. The summed E-state index contributed by atoms with van der Waals surface area (Å²) in [5, 5.41) is 4.28. The van der Waals surface area contributed by atoms with E-state index in [1.807, 2.05) is 18.2 Å². The number of piperidine rings is 1. The molecule has 2 aliphatic heterocycles. The van der Waals surface area contributed by atoms with Crippen LogP contribution in [0.1, 0.15) is 12.0 Å². The summed E-state index contributed by atoms with van der Waals surface area (Å²) in [6.45, 7) is 4.02. The second kappa shape index (κ2) is 5.52. The zero-order valence-corrected chi connectivity index (χ0v) is 10.5. The summed E-state index contributed by atoms with van der Waals surface area (Å²) in [5.41, 5.74) is 2.41. The molecular formula is C13H17ClN2O. The summed E-state index contributed by atoms with van der Waals surface area (Å²) < 4.78 is 0. The number of nitrogens with zero attached hydrogens (tertiary/aromatic N) is 2. The van der Waals surface area contributed by atoms with Crippen LogP contribution in [0.2, 0.25) is 0 Å². The summed E-state index contributed by atoms with van der Waals surface area (Å²) >= 11 is 0. The Morgan fingerprint density at radius 2 is 2.12 bits per heavy atom. The van der Waals surface area contributed by atoms with Gasteiger partial charge in [-0.1, -0.05) is 35.5 Å². The minimum Gasteiger partial charge on any atom is -0.391 e. The molecule has 2 aliphatic rings. The van der Waals surface area contributed by atoms with Gasteiger partial charge in [-0.25, -0.2) is 0 Å². The van der Waals surface area contributed by atoms with Crippen molar-refractivity contribution in [2.24, 2.45) is 11.1 Å². The molecular weight excluding hydrogens is 236 g/mol. The predicted molar refractivity (Wildman–Crippen MR) is 70.5 cm³/mol. The molecule has 4 heteroatoms. The fraction of sp³-hybridized carbons (Fsp3) is 0.462. The fourth-order valence-electron chi connectivity index (χ4n) is 2.47. The van der Waals surface area contributed by atoms with E-state index in [1.54, 1.807) is 0 Å². The molecule has 1 aromatic carbocycles. The van der Waals surface area contributed by atoms with E-state index in [0.717, 1.165) is 6.54 Å². The minimum absolute atomic E-state index is 0. The number of fused-ring (bicyclic) bond motifs is 2. The Bertz CT molecular complexity index is 394. The van der Waals surface area contributed by atoms with E-state index in [1.165, 1.54) is 30.8 Å². The molecule has 0 aliphatic carbocycles. The fourth-order valence-corrected chi connectivity index (χ4v) is 2.47. The van der Waals surface area contributed by atoms with Crippen LogP contribution in [0, 0.1) is 5.92 Å². The largest absolute Gasteiger partial charge is 0.391 e. The lowest BCUT2D eigenvalue weighted by atomic mass is 10.0. The van der Waals surface area contributed by atoms with Crippen LogP contribution in [0.3, 0.4) is 0 Å². The lowest BCUT2D eigenvalue weighted by Gasteiger charge is -2.12. The van der Waals surface area contributed by atoms with Crippen molar-refractivity contribution >= 4 is 18.1 Å². The van der Waals surface area contributed by atoms with Crippen molar-refractivity contribution < 1.29 is 4.84 Å². The van der Waals surface area contributed by atoms with Crippen molar-refractivity contribution in [1.82, 2.24) is 4.90 Å². The van der Waals surface area contributed by atoms with E-state index in [4.69, 9.17) is 4.84 Å². The van der Waals surface area contributed by atoms with E-state index in [-0.39, 0.29) is 12.4 Å². The Labute approximate surface area is 108 Å². The monoisotopic (exact) mass is 252 g/mol. The van der Waals surface area contributed by atoms with Gasteiger partial charge < -0.3 is 4.84 Å².